The summed E-state index contributed by atoms with van der Waals surface area (Å²) in [5.41, 5.74) is 0.178. The van der Waals surface area contributed by atoms with Gasteiger partial charge >= 0.3 is 5.97 Å². The molecule has 64 heavy (non-hydrogen) atoms. The zero-order valence-corrected chi connectivity index (χ0v) is 41.0. The minimum absolute atomic E-state index is 0.0359. The second-order valence-electron chi connectivity index (χ2n) is 25.5. The van der Waals surface area contributed by atoms with Gasteiger partial charge in [0, 0.05) is 42.1 Å². The normalized spacial score (nSPS) is 49.2. The van der Waals surface area contributed by atoms with Crippen LogP contribution in [0.3, 0.4) is 0 Å². The topological polar surface area (TPSA) is 96.2 Å². The maximum Gasteiger partial charge on any atom is 0.309 e. The van der Waals surface area contributed by atoms with Crippen LogP contribution in [-0.2, 0) is 27.1 Å². The number of hydrogen-bond donors (Lipinski definition) is 3. The van der Waals surface area contributed by atoms with Crippen molar-refractivity contribution in [2.45, 2.75) is 207 Å². The zero-order valence-electron chi connectivity index (χ0n) is 41.0. The van der Waals surface area contributed by atoms with Gasteiger partial charge in [0.25, 0.3) is 0 Å². The molecule has 9 aliphatic rings. The maximum absolute atomic E-state index is 13.4. The zero-order chi connectivity index (χ0) is 45.0. The number of carbonyl (C=O) groups is 1. The third-order valence-electron chi connectivity index (χ3n) is 23.6. The third kappa shape index (κ3) is 5.99. The first kappa shape index (κ1) is 45.9. The highest BCUT2D eigenvalue weighted by Gasteiger charge is 2.89. The Kier molecular flexibility index (Phi) is 11.5. The Morgan fingerprint density at radius 1 is 0.812 bits per heavy atom. The van der Waals surface area contributed by atoms with Gasteiger partial charge in [0.2, 0.25) is 0 Å². The molecule has 7 saturated carbocycles. The van der Waals surface area contributed by atoms with E-state index in [2.05, 4.69) is 70.7 Å². The average molecular weight is 879 g/mol. The van der Waals surface area contributed by atoms with Crippen molar-refractivity contribution in [3.63, 3.8) is 0 Å². The van der Waals surface area contributed by atoms with Crippen molar-refractivity contribution in [3.05, 3.63) is 35.4 Å². The number of benzene rings is 1. The molecule has 1 aromatic rings. The summed E-state index contributed by atoms with van der Waals surface area (Å²) in [6, 6.07) is 9.06. The highest BCUT2D eigenvalue weighted by molar-refractivity contribution is 5.74. The molecule has 1 heterocycles. The second-order valence-corrected chi connectivity index (χ2v) is 25.5. The summed E-state index contributed by atoms with van der Waals surface area (Å²) in [7, 11) is 1.76. The summed E-state index contributed by atoms with van der Waals surface area (Å²) < 4.78 is 12.8. The molecule has 0 amide bonds. The van der Waals surface area contributed by atoms with Crippen LogP contribution in [-0.4, -0.2) is 53.5 Å². The van der Waals surface area contributed by atoms with E-state index in [0.717, 1.165) is 102 Å². The lowest BCUT2D eigenvalue weighted by Gasteiger charge is -2.85. The van der Waals surface area contributed by atoms with Crippen LogP contribution in [0.2, 0.25) is 0 Å². The lowest BCUT2D eigenvalue weighted by molar-refractivity contribution is -0.380. The van der Waals surface area contributed by atoms with Gasteiger partial charge in [-0.15, -0.1) is 5.92 Å². The van der Waals surface area contributed by atoms with Gasteiger partial charge in [-0.05, 0) is 172 Å². The molecule has 2 spiro atoms. The summed E-state index contributed by atoms with van der Waals surface area (Å²) >= 11 is 0. The van der Waals surface area contributed by atoms with E-state index in [1.165, 1.54) is 68.9 Å². The Bertz CT molecular complexity index is 1980. The minimum Gasteiger partial charge on any atom is -0.481 e. The highest BCUT2D eigenvalue weighted by Crippen LogP contribution is 2.91. The number of hydrogen-bond acceptors (Lipinski definition) is 5. The van der Waals surface area contributed by atoms with Crippen LogP contribution in [0.1, 0.15) is 193 Å². The molecule has 15 atom stereocenters. The fourth-order valence-corrected chi connectivity index (χ4v) is 20.4. The molecule has 8 fully saturated rings. The second kappa shape index (κ2) is 16.1. The van der Waals surface area contributed by atoms with E-state index in [1.54, 1.807) is 7.11 Å². The van der Waals surface area contributed by atoms with Crippen molar-refractivity contribution in [3.8, 4) is 11.8 Å². The van der Waals surface area contributed by atoms with Crippen LogP contribution >= 0.6 is 0 Å². The number of carboxylic acid groups (broad SMARTS) is 1. The number of aliphatic carboxylic acids is 1. The monoisotopic (exact) mass is 879 g/mol. The van der Waals surface area contributed by atoms with Gasteiger partial charge in [-0.1, -0.05) is 103 Å². The third-order valence-corrected chi connectivity index (χ3v) is 23.6. The SMILES string of the molecule is CCC[C@H]1[C@]23CC[C@@]45C#CC[C@H](CCC6CCCCC6)CC[C@@]6(C[C@H]7CC[C@H](C[C@]1(O)O[C@H]2Cc1ccc(CCOC)cc1)[C@@]3(CO)[C@]74C)[C@@H]1C[C@](C)(C(=O)O)CC[C@@]1(C)CC[C@@]65C. The summed E-state index contributed by atoms with van der Waals surface area (Å²) in [4.78, 5) is 13.4. The number of carboxylic acids is 1. The van der Waals surface area contributed by atoms with Crippen LogP contribution in [0.15, 0.2) is 24.3 Å². The maximum atomic E-state index is 13.4. The molecular weight excluding hydrogens is 793 g/mol. The van der Waals surface area contributed by atoms with E-state index in [0.29, 0.717) is 30.8 Å². The first-order valence-electron chi connectivity index (χ1n) is 26.9. The van der Waals surface area contributed by atoms with Gasteiger partial charge in [0.1, 0.15) is 0 Å². The summed E-state index contributed by atoms with van der Waals surface area (Å²) in [6.45, 7) is 13.1. The number of aliphatic hydroxyl groups excluding tert-OH is 1. The first-order valence-corrected chi connectivity index (χ1v) is 26.9. The molecule has 354 valence electrons. The smallest absolute Gasteiger partial charge is 0.309 e. The van der Waals surface area contributed by atoms with E-state index >= 15 is 0 Å². The van der Waals surface area contributed by atoms with E-state index in [-0.39, 0.29) is 51.6 Å². The Labute approximate surface area is 387 Å². The molecular formula is C58H86O6. The lowest BCUT2D eigenvalue weighted by atomic mass is 9.18. The summed E-state index contributed by atoms with van der Waals surface area (Å²) in [5.74, 6) is 9.02. The van der Waals surface area contributed by atoms with Crippen LogP contribution in [0.25, 0.3) is 0 Å². The van der Waals surface area contributed by atoms with Crippen molar-refractivity contribution in [1.82, 2.24) is 0 Å². The van der Waals surface area contributed by atoms with Crippen molar-refractivity contribution < 1.29 is 29.6 Å². The number of rotatable bonds is 12. The van der Waals surface area contributed by atoms with Crippen LogP contribution in [0.4, 0.5) is 0 Å². The molecule has 6 nitrogen and oxygen atoms in total. The first-order chi connectivity index (χ1) is 30.6. The fourth-order valence-electron chi connectivity index (χ4n) is 20.4. The van der Waals surface area contributed by atoms with Crippen LogP contribution < -0.4 is 0 Å². The molecule has 1 aromatic carbocycles. The fraction of sp³-hybridized carbons (Fsp3) is 0.845. The van der Waals surface area contributed by atoms with Gasteiger partial charge in [-0.25, -0.2) is 0 Å². The Morgan fingerprint density at radius 2 is 1.53 bits per heavy atom. The van der Waals surface area contributed by atoms with E-state index in [4.69, 9.17) is 9.47 Å². The molecule has 6 heteroatoms. The molecule has 0 radical (unpaired) electrons. The molecule has 8 aliphatic carbocycles. The Hall–Kier alpha value is -1.91. The summed E-state index contributed by atoms with van der Waals surface area (Å²) in [5, 5.41) is 37.1. The molecule has 3 N–H and O–H groups in total. The Morgan fingerprint density at radius 3 is 2.25 bits per heavy atom. The van der Waals surface area contributed by atoms with E-state index in [9.17, 15) is 20.1 Å². The average Bonchev–Trinajstić information content (AvgIpc) is 3.46. The van der Waals surface area contributed by atoms with Crippen molar-refractivity contribution in [2.75, 3.05) is 20.3 Å². The number of aliphatic hydroxyl groups is 2. The van der Waals surface area contributed by atoms with Gasteiger partial charge in [0.15, 0.2) is 5.79 Å². The molecule has 0 aromatic heterocycles. The highest BCUT2D eigenvalue weighted by atomic mass is 16.6. The predicted molar refractivity (Wildman–Crippen MR) is 253 cm³/mol. The van der Waals surface area contributed by atoms with Crippen LogP contribution in [0, 0.1) is 90.7 Å². The summed E-state index contributed by atoms with van der Waals surface area (Å²) in [6.07, 6.45) is 26.7. The molecule has 1 aliphatic heterocycles. The van der Waals surface area contributed by atoms with Crippen molar-refractivity contribution in [2.24, 2.45) is 78.8 Å². The minimum atomic E-state index is -1.20. The quantitative estimate of drug-likeness (QED) is 0.181. The largest absolute Gasteiger partial charge is 0.481 e. The number of ether oxygens (including phenoxy) is 2. The van der Waals surface area contributed by atoms with Gasteiger partial charge in [-0.2, -0.15) is 0 Å². The van der Waals surface area contributed by atoms with E-state index < -0.39 is 28.0 Å². The lowest BCUT2D eigenvalue weighted by Crippen LogP contribution is -2.82. The predicted octanol–water partition coefficient (Wildman–Crippen LogP) is 12.4. The standard InChI is InChI=1S/C58H86O6/c1-7-12-46-56-33-32-55-26-11-15-41(17-16-40-13-9-8-10-14-40)24-27-54(47-38-51(3,49(60)61)29-28-50(47,2)30-31-52(54,55)4)36-44-22-23-45(57(56,39-59)53(44,55)5)37-58(46,62)64-48(56)35-43-20-18-42(19-21-43)25-34-63-6/h18-21,40-41,44-48,59,62H,7-10,12-17,22-25,27-39H2,1-6H3,(H,60,61)/t41-,44-,45-,46+,47-,48+,50+,51-,52+,53-,54-,55-,56-,57+,58+/m1/s1. The molecule has 10 rings (SSSR count). The molecule has 4 bridgehead atoms. The molecule has 0 unspecified atom stereocenters. The van der Waals surface area contributed by atoms with Crippen molar-refractivity contribution in [1.29, 1.82) is 0 Å². The van der Waals surface area contributed by atoms with Gasteiger partial charge < -0.3 is 24.8 Å². The van der Waals surface area contributed by atoms with Crippen LogP contribution in [0.5, 0.6) is 0 Å². The Balaban J connectivity index is 1.14. The molecule has 1 saturated heterocycles. The van der Waals surface area contributed by atoms with Crippen molar-refractivity contribution >= 4 is 5.97 Å². The van der Waals surface area contributed by atoms with Gasteiger partial charge in [-0.3, -0.25) is 4.79 Å². The number of methoxy groups -OCH3 is 1. The van der Waals surface area contributed by atoms with E-state index in [1.807, 2.05) is 0 Å². The van der Waals surface area contributed by atoms with Gasteiger partial charge in [0.05, 0.1) is 24.7 Å². The number of fused-ring (bicyclic) bond motifs is 2.